The van der Waals surface area contributed by atoms with Crippen molar-refractivity contribution in [3.8, 4) is 0 Å². The van der Waals surface area contributed by atoms with Gasteiger partial charge >= 0.3 is 5.69 Å². The van der Waals surface area contributed by atoms with Crippen molar-refractivity contribution in [2.45, 2.75) is 31.8 Å². The van der Waals surface area contributed by atoms with Gasteiger partial charge in [-0.25, -0.2) is 4.98 Å². The number of hydrogen-bond donors (Lipinski definition) is 2. The van der Waals surface area contributed by atoms with Gasteiger partial charge in [0.1, 0.15) is 17.7 Å². The molecule has 28 heavy (non-hydrogen) atoms. The Hall–Kier alpha value is -2.72. The number of aryl methyl sites for hydroxylation is 1. The molecule has 0 aromatic carbocycles. The van der Waals surface area contributed by atoms with Gasteiger partial charge in [-0.1, -0.05) is 0 Å². The lowest BCUT2D eigenvalue weighted by Gasteiger charge is -2.33. The van der Waals surface area contributed by atoms with E-state index in [0.29, 0.717) is 25.7 Å². The smallest absolute Gasteiger partial charge is 0.329 e. The van der Waals surface area contributed by atoms with E-state index < -0.39 is 4.92 Å². The maximum atomic E-state index is 11.2. The molecule has 2 N–H and O–H groups in total. The molecule has 1 unspecified atom stereocenters. The molecule has 0 amide bonds. The molecule has 2 aliphatic rings. The molecule has 1 atom stereocenters. The Morgan fingerprint density at radius 2 is 2.14 bits per heavy atom. The Balaban J connectivity index is 1.50. The maximum absolute atomic E-state index is 11.2. The van der Waals surface area contributed by atoms with Crippen LogP contribution < -0.4 is 10.6 Å². The number of rotatable bonds is 8. The molecule has 1 aliphatic carbocycles. The lowest BCUT2D eigenvalue weighted by Crippen LogP contribution is -2.41. The van der Waals surface area contributed by atoms with Crippen molar-refractivity contribution in [2.75, 3.05) is 43.5 Å². The monoisotopic (exact) mass is 388 g/mol. The summed E-state index contributed by atoms with van der Waals surface area (Å²) < 4.78 is 11.3. The van der Waals surface area contributed by atoms with Gasteiger partial charge in [-0.2, -0.15) is 4.98 Å². The summed E-state index contributed by atoms with van der Waals surface area (Å²) in [5.74, 6) is 2.35. The largest absolute Gasteiger partial charge is 0.465 e. The van der Waals surface area contributed by atoms with Gasteiger partial charge in [-0.15, -0.1) is 0 Å². The molecule has 1 saturated carbocycles. The molecule has 10 heteroatoms. The minimum atomic E-state index is -0.462. The second-order valence-corrected chi connectivity index (χ2v) is 7.10. The first-order valence-electron chi connectivity index (χ1n) is 9.50. The average Bonchev–Trinajstić information content (AvgIpc) is 3.41. The Bertz CT molecular complexity index is 831. The summed E-state index contributed by atoms with van der Waals surface area (Å²) in [5, 5.41) is 17.6. The van der Waals surface area contributed by atoms with Crippen molar-refractivity contribution in [3.05, 3.63) is 40.0 Å². The predicted molar refractivity (Wildman–Crippen MR) is 102 cm³/mol. The first-order chi connectivity index (χ1) is 13.6. The van der Waals surface area contributed by atoms with Crippen LogP contribution in [0, 0.1) is 17.0 Å². The minimum Gasteiger partial charge on any atom is -0.465 e. The first-order valence-corrected chi connectivity index (χ1v) is 9.50. The molecule has 3 heterocycles. The van der Waals surface area contributed by atoms with E-state index in [0.717, 1.165) is 37.5 Å². The normalized spacial score (nSPS) is 18.6. The number of ether oxygens (including phenoxy) is 1. The predicted octanol–water partition coefficient (Wildman–Crippen LogP) is 2.35. The van der Waals surface area contributed by atoms with Gasteiger partial charge in [0.15, 0.2) is 0 Å². The summed E-state index contributed by atoms with van der Waals surface area (Å²) in [4.78, 5) is 21.5. The van der Waals surface area contributed by atoms with Gasteiger partial charge in [0.2, 0.25) is 11.8 Å². The van der Waals surface area contributed by atoms with E-state index in [1.165, 1.54) is 6.20 Å². The van der Waals surface area contributed by atoms with Gasteiger partial charge in [0.25, 0.3) is 0 Å². The van der Waals surface area contributed by atoms with Crippen LogP contribution in [0.25, 0.3) is 0 Å². The molecule has 0 spiro atoms. The van der Waals surface area contributed by atoms with E-state index in [2.05, 4.69) is 25.5 Å². The average molecular weight is 388 g/mol. The van der Waals surface area contributed by atoms with Crippen LogP contribution in [-0.2, 0) is 4.74 Å². The van der Waals surface area contributed by atoms with Crippen molar-refractivity contribution in [3.63, 3.8) is 0 Å². The van der Waals surface area contributed by atoms with Crippen molar-refractivity contribution in [1.29, 1.82) is 0 Å². The SMILES string of the molecule is Cc1ccc(C(CNc2ncc([N+](=O)[O-])c(NC3CC3)n2)N2CCOCC2)o1. The second-order valence-electron chi connectivity index (χ2n) is 7.10. The molecule has 0 bridgehead atoms. The fourth-order valence-electron chi connectivity index (χ4n) is 3.24. The molecular formula is C18H24N6O4. The van der Waals surface area contributed by atoms with E-state index in [9.17, 15) is 10.1 Å². The number of nitrogens with zero attached hydrogens (tertiary/aromatic N) is 4. The standard InChI is InChI=1S/C18H24N6O4/c1-12-2-5-16(28-12)14(23-6-8-27-9-7-23)10-19-18-20-11-15(24(25)26)17(22-18)21-13-3-4-13/h2,5,11,13-14H,3-4,6-10H2,1H3,(H2,19,20,21,22). The molecular weight excluding hydrogens is 364 g/mol. The molecule has 10 nitrogen and oxygen atoms in total. The first kappa shape index (κ1) is 18.6. The number of anilines is 2. The Kier molecular flexibility index (Phi) is 5.40. The number of hydrogen-bond acceptors (Lipinski definition) is 9. The summed E-state index contributed by atoms with van der Waals surface area (Å²) in [6, 6.07) is 4.18. The van der Waals surface area contributed by atoms with Crippen LogP contribution in [0.2, 0.25) is 0 Å². The quantitative estimate of drug-likeness (QED) is 0.519. The zero-order valence-electron chi connectivity index (χ0n) is 15.8. The summed E-state index contributed by atoms with van der Waals surface area (Å²) in [7, 11) is 0. The van der Waals surface area contributed by atoms with Crippen molar-refractivity contribution >= 4 is 17.5 Å². The van der Waals surface area contributed by atoms with Gasteiger partial charge in [-0.05, 0) is 31.9 Å². The van der Waals surface area contributed by atoms with Crippen LogP contribution in [0.3, 0.4) is 0 Å². The van der Waals surface area contributed by atoms with Crippen LogP contribution >= 0.6 is 0 Å². The van der Waals surface area contributed by atoms with Gasteiger partial charge < -0.3 is 19.8 Å². The summed E-state index contributed by atoms with van der Waals surface area (Å²) in [6.45, 7) is 5.42. The highest BCUT2D eigenvalue weighted by atomic mass is 16.6. The minimum absolute atomic E-state index is 0.00349. The van der Waals surface area contributed by atoms with Gasteiger partial charge in [-0.3, -0.25) is 15.0 Å². The van der Waals surface area contributed by atoms with Crippen molar-refractivity contribution < 1.29 is 14.1 Å². The topological polar surface area (TPSA) is 119 Å². The molecule has 150 valence electrons. The van der Waals surface area contributed by atoms with Crippen LogP contribution in [-0.4, -0.2) is 58.7 Å². The van der Waals surface area contributed by atoms with Crippen LogP contribution in [0.1, 0.15) is 30.4 Å². The highest BCUT2D eigenvalue weighted by Crippen LogP contribution is 2.30. The van der Waals surface area contributed by atoms with Crippen molar-refractivity contribution in [1.82, 2.24) is 14.9 Å². The highest BCUT2D eigenvalue weighted by molar-refractivity contribution is 5.58. The summed E-state index contributed by atoms with van der Waals surface area (Å²) >= 11 is 0. The lowest BCUT2D eigenvalue weighted by atomic mass is 10.1. The number of nitro groups is 1. The third-order valence-corrected chi connectivity index (χ3v) is 4.91. The fourth-order valence-corrected chi connectivity index (χ4v) is 3.24. The van der Waals surface area contributed by atoms with E-state index >= 15 is 0 Å². The maximum Gasteiger partial charge on any atom is 0.329 e. The summed E-state index contributed by atoms with van der Waals surface area (Å²) in [6.07, 6.45) is 3.25. The number of nitrogens with one attached hydrogen (secondary N) is 2. The zero-order chi connectivity index (χ0) is 19.5. The Morgan fingerprint density at radius 3 is 2.79 bits per heavy atom. The fraction of sp³-hybridized carbons (Fsp3) is 0.556. The third-order valence-electron chi connectivity index (χ3n) is 4.91. The van der Waals surface area contributed by atoms with Gasteiger partial charge in [0, 0.05) is 25.7 Å². The molecule has 4 rings (SSSR count). The molecule has 2 fully saturated rings. The van der Waals surface area contributed by atoms with Crippen molar-refractivity contribution in [2.24, 2.45) is 0 Å². The highest BCUT2D eigenvalue weighted by Gasteiger charge is 2.28. The lowest BCUT2D eigenvalue weighted by molar-refractivity contribution is -0.384. The van der Waals surface area contributed by atoms with Crippen LogP contribution in [0.15, 0.2) is 22.7 Å². The molecule has 1 aliphatic heterocycles. The molecule has 1 saturated heterocycles. The number of morpholine rings is 1. The molecule has 0 radical (unpaired) electrons. The number of aromatic nitrogens is 2. The van der Waals surface area contributed by atoms with E-state index in [1.54, 1.807) is 0 Å². The zero-order valence-corrected chi connectivity index (χ0v) is 15.8. The Labute approximate surface area is 162 Å². The number of furan rings is 1. The second kappa shape index (κ2) is 8.11. The van der Waals surface area contributed by atoms with Crippen LogP contribution in [0.5, 0.6) is 0 Å². The molecule has 2 aromatic heterocycles. The van der Waals surface area contributed by atoms with E-state index in [4.69, 9.17) is 9.15 Å². The van der Waals surface area contributed by atoms with Crippen LogP contribution in [0.4, 0.5) is 17.5 Å². The Morgan fingerprint density at radius 1 is 1.36 bits per heavy atom. The van der Waals surface area contributed by atoms with E-state index in [-0.39, 0.29) is 23.6 Å². The summed E-state index contributed by atoms with van der Waals surface area (Å²) in [5.41, 5.74) is -0.108. The van der Waals surface area contributed by atoms with Gasteiger partial charge in [0.05, 0.1) is 24.2 Å². The molecule has 2 aromatic rings. The third kappa shape index (κ3) is 4.39. The van der Waals surface area contributed by atoms with E-state index in [1.807, 2.05) is 19.1 Å².